The van der Waals surface area contributed by atoms with Crippen LogP contribution in [0, 0.1) is 6.92 Å². The van der Waals surface area contributed by atoms with Crippen molar-refractivity contribution >= 4 is 39.5 Å². The van der Waals surface area contributed by atoms with E-state index in [1.165, 1.54) is 10.7 Å². The number of nitrogens with zero attached hydrogens (tertiary/aromatic N) is 4. The van der Waals surface area contributed by atoms with Crippen LogP contribution in [-0.2, 0) is 24.8 Å². The van der Waals surface area contributed by atoms with Gasteiger partial charge in [0.25, 0.3) is 5.56 Å². The van der Waals surface area contributed by atoms with Gasteiger partial charge in [-0.2, -0.15) is 5.10 Å². The summed E-state index contributed by atoms with van der Waals surface area (Å²) in [4.78, 5) is 31.7. The molecule has 4 heterocycles. The number of hydrogen-bond donors (Lipinski definition) is 1. The Morgan fingerprint density at radius 2 is 1.97 bits per heavy atom. The molecule has 1 N–H and O–H groups in total. The van der Waals surface area contributed by atoms with Crippen LogP contribution in [-0.4, -0.2) is 31.8 Å². The highest BCUT2D eigenvalue weighted by molar-refractivity contribution is 7.23. The fraction of sp³-hybridized carbons (Fsp3) is 0.200. The lowest BCUT2D eigenvalue weighted by Crippen LogP contribution is -2.32. The first-order valence-electron chi connectivity index (χ1n) is 10.9. The highest BCUT2D eigenvalue weighted by Crippen LogP contribution is 2.35. The third-order valence-corrected chi connectivity index (χ3v) is 7.82. The summed E-state index contributed by atoms with van der Waals surface area (Å²) in [6.45, 7) is 2.57. The van der Waals surface area contributed by atoms with Crippen LogP contribution in [0.3, 0.4) is 0 Å². The minimum absolute atomic E-state index is 0.0838. The monoisotopic (exact) mass is 489 g/mol. The molecule has 9 heteroatoms. The third kappa shape index (κ3) is 4.44. The molecule has 1 aromatic carbocycles. The molecule has 0 radical (unpaired) electrons. The number of para-hydroxylation sites is 1. The number of benzene rings is 1. The summed E-state index contributed by atoms with van der Waals surface area (Å²) in [5, 5.41) is 11.5. The predicted octanol–water partition coefficient (Wildman–Crippen LogP) is 4.25. The lowest BCUT2D eigenvalue weighted by atomic mass is 10.1. The fourth-order valence-corrected chi connectivity index (χ4v) is 5.80. The minimum Gasteiger partial charge on any atom is -0.354 e. The van der Waals surface area contributed by atoms with Crippen molar-refractivity contribution in [3.8, 4) is 20.5 Å². The minimum atomic E-state index is -0.201. The van der Waals surface area contributed by atoms with Crippen LogP contribution in [0.5, 0.6) is 0 Å². The van der Waals surface area contributed by atoms with E-state index in [0.717, 1.165) is 36.9 Å². The molecule has 0 bridgehead atoms. The second-order valence-electron chi connectivity index (χ2n) is 8.00. The summed E-state index contributed by atoms with van der Waals surface area (Å²) in [5.74, 6) is -0.0838. The summed E-state index contributed by atoms with van der Waals surface area (Å²) in [6, 6.07) is 15.3. The van der Waals surface area contributed by atoms with E-state index in [9.17, 15) is 9.59 Å². The molecular weight excluding hydrogens is 466 g/mol. The first-order valence-corrected chi connectivity index (χ1v) is 12.6. The Labute approximate surface area is 204 Å². The molecule has 0 fully saturated rings. The van der Waals surface area contributed by atoms with Crippen molar-refractivity contribution in [3.63, 3.8) is 0 Å². The van der Waals surface area contributed by atoms with E-state index in [1.54, 1.807) is 28.7 Å². The molecular formula is C25H23N5O2S2. The molecule has 34 heavy (non-hydrogen) atoms. The van der Waals surface area contributed by atoms with E-state index in [-0.39, 0.29) is 17.9 Å². The largest absolute Gasteiger partial charge is 0.354 e. The highest BCUT2D eigenvalue weighted by Gasteiger charge is 2.15. The Kier molecular flexibility index (Phi) is 6.12. The number of rotatable bonds is 7. The molecule has 0 saturated carbocycles. The van der Waals surface area contributed by atoms with Gasteiger partial charge in [-0.05, 0) is 36.1 Å². The number of hydrogen-bond acceptors (Lipinski definition) is 6. The van der Waals surface area contributed by atoms with Gasteiger partial charge in [-0.3, -0.25) is 9.59 Å². The molecule has 7 nitrogen and oxygen atoms in total. The number of carbonyl (C=O) groups excluding carboxylic acids is 1. The van der Waals surface area contributed by atoms with Crippen molar-refractivity contribution < 1.29 is 4.79 Å². The molecule has 5 rings (SSSR count). The summed E-state index contributed by atoms with van der Waals surface area (Å²) >= 11 is 3.21. The number of aryl methyl sites for hydroxylation is 2. The smallest absolute Gasteiger partial charge is 0.266 e. The van der Waals surface area contributed by atoms with Crippen LogP contribution in [0.25, 0.3) is 31.4 Å². The van der Waals surface area contributed by atoms with Crippen LogP contribution < -0.4 is 10.9 Å². The van der Waals surface area contributed by atoms with Gasteiger partial charge in [-0.15, -0.1) is 22.7 Å². The maximum atomic E-state index is 12.6. The number of thiazole rings is 1. The van der Waals surface area contributed by atoms with Gasteiger partial charge >= 0.3 is 0 Å². The maximum absolute atomic E-state index is 12.6. The second kappa shape index (κ2) is 9.36. The van der Waals surface area contributed by atoms with Crippen molar-refractivity contribution in [1.29, 1.82) is 0 Å². The third-order valence-electron chi connectivity index (χ3n) is 5.60. The molecule has 4 aromatic heterocycles. The van der Waals surface area contributed by atoms with E-state index in [1.807, 2.05) is 66.5 Å². The fourth-order valence-electron chi connectivity index (χ4n) is 3.97. The van der Waals surface area contributed by atoms with Gasteiger partial charge in [0, 0.05) is 36.8 Å². The van der Waals surface area contributed by atoms with Gasteiger partial charge in [-0.1, -0.05) is 24.3 Å². The number of carbonyl (C=O) groups is 1. The number of thiophene rings is 1. The number of nitrogens with one attached hydrogen (secondary N) is 1. The summed E-state index contributed by atoms with van der Waals surface area (Å²) in [7, 11) is 1.98. The topological polar surface area (TPSA) is 81.8 Å². The van der Waals surface area contributed by atoms with Crippen molar-refractivity contribution in [2.45, 2.75) is 19.9 Å². The lowest BCUT2D eigenvalue weighted by molar-refractivity contribution is -0.120. The zero-order valence-corrected chi connectivity index (χ0v) is 20.4. The molecule has 0 unspecified atom stereocenters. The van der Waals surface area contributed by atoms with Gasteiger partial charge in [0.2, 0.25) is 5.91 Å². The second-order valence-corrected chi connectivity index (χ2v) is 9.95. The molecule has 172 valence electrons. The van der Waals surface area contributed by atoms with Crippen molar-refractivity contribution in [3.05, 3.63) is 81.7 Å². The van der Waals surface area contributed by atoms with Crippen LogP contribution in [0.1, 0.15) is 11.3 Å². The molecule has 0 aliphatic heterocycles. The average molecular weight is 490 g/mol. The highest BCUT2D eigenvalue weighted by atomic mass is 32.1. The van der Waals surface area contributed by atoms with Gasteiger partial charge in [0.1, 0.15) is 10.7 Å². The molecule has 0 aliphatic rings. The molecule has 0 saturated heterocycles. The summed E-state index contributed by atoms with van der Waals surface area (Å²) in [6.07, 6.45) is 2.27. The number of fused-ring (bicyclic) bond motifs is 1. The van der Waals surface area contributed by atoms with Gasteiger partial charge in [0.05, 0.1) is 28.4 Å². The average Bonchev–Trinajstić information content (AvgIpc) is 3.56. The SMILES string of the molecule is Cc1nc(-c2cccs2)sc1-c1ccc(=O)n(CCNC(=O)Cc2cn(C)c3ccccc23)n1. The number of aromatic nitrogens is 4. The Morgan fingerprint density at radius 3 is 2.79 bits per heavy atom. The van der Waals surface area contributed by atoms with E-state index in [0.29, 0.717) is 18.8 Å². The normalized spacial score (nSPS) is 11.2. The Balaban J connectivity index is 1.26. The van der Waals surface area contributed by atoms with E-state index in [2.05, 4.69) is 15.4 Å². The van der Waals surface area contributed by atoms with E-state index in [4.69, 9.17) is 0 Å². The van der Waals surface area contributed by atoms with Crippen molar-refractivity contribution in [2.75, 3.05) is 6.54 Å². The maximum Gasteiger partial charge on any atom is 0.266 e. The van der Waals surface area contributed by atoms with Gasteiger partial charge in [-0.25, -0.2) is 9.67 Å². The predicted molar refractivity (Wildman–Crippen MR) is 137 cm³/mol. The Morgan fingerprint density at radius 1 is 1.12 bits per heavy atom. The molecule has 1 amide bonds. The zero-order valence-electron chi connectivity index (χ0n) is 18.8. The van der Waals surface area contributed by atoms with E-state index < -0.39 is 0 Å². The molecule has 5 aromatic rings. The van der Waals surface area contributed by atoms with Gasteiger partial charge in [0.15, 0.2) is 0 Å². The molecule has 0 spiro atoms. The zero-order chi connectivity index (χ0) is 23.7. The molecule has 0 atom stereocenters. The Hall–Kier alpha value is -3.56. The quantitative estimate of drug-likeness (QED) is 0.371. The van der Waals surface area contributed by atoms with Gasteiger partial charge < -0.3 is 9.88 Å². The lowest BCUT2D eigenvalue weighted by Gasteiger charge is -2.08. The van der Waals surface area contributed by atoms with Crippen LogP contribution >= 0.6 is 22.7 Å². The molecule has 0 aliphatic carbocycles. The first kappa shape index (κ1) is 22.2. The van der Waals surface area contributed by atoms with E-state index >= 15 is 0 Å². The summed E-state index contributed by atoms with van der Waals surface area (Å²) < 4.78 is 3.43. The standard InChI is InChI=1S/C25H23N5O2S2/c1-16-24(34-25(27-16)21-8-5-13-33-21)19-9-10-23(32)30(28-19)12-11-26-22(31)14-17-15-29(2)20-7-4-3-6-18(17)20/h3-10,13,15H,11-12,14H2,1-2H3,(H,26,31). The summed E-state index contributed by atoms with van der Waals surface area (Å²) in [5.41, 5.74) is 3.47. The van der Waals surface area contributed by atoms with Crippen molar-refractivity contribution in [1.82, 2.24) is 24.6 Å². The van der Waals surface area contributed by atoms with Crippen LogP contribution in [0.2, 0.25) is 0 Å². The van der Waals surface area contributed by atoms with Crippen LogP contribution in [0.4, 0.5) is 0 Å². The van der Waals surface area contributed by atoms with Crippen LogP contribution in [0.15, 0.2) is 64.9 Å². The first-order chi connectivity index (χ1) is 16.5. The van der Waals surface area contributed by atoms with Crippen molar-refractivity contribution in [2.24, 2.45) is 7.05 Å². The Bertz CT molecular complexity index is 1530. The number of amides is 1.